The van der Waals surface area contributed by atoms with Crippen molar-refractivity contribution in [3.8, 4) is 0 Å². The molecule has 0 fully saturated rings. The second-order valence-electron chi connectivity index (χ2n) is 7.63. The number of rotatable bonds is 5. The highest BCUT2D eigenvalue weighted by molar-refractivity contribution is 7.90. The Morgan fingerprint density at radius 3 is 1.80 bits per heavy atom. The zero-order valence-corrected chi connectivity index (χ0v) is 19.9. The number of aliphatic imine (C=N–C) groups is 1. The molecule has 0 saturated heterocycles. The molecule has 164 valence electrons. The van der Waals surface area contributed by atoms with Gasteiger partial charge in [-0.2, -0.15) is 0 Å². The van der Waals surface area contributed by atoms with E-state index in [4.69, 9.17) is 9.73 Å². The summed E-state index contributed by atoms with van der Waals surface area (Å²) in [7, 11) is -1.76. The van der Waals surface area contributed by atoms with Crippen molar-refractivity contribution in [3.63, 3.8) is 0 Å². The fourth-order valence-corrected chi connectivity index (χ4v) is 3.02. The Morgan fingerprint density at radius 2 is 1.40 bits per heavy atom. The fourth-order valence-electron chi connectivity index (χ4n) is 2.39. The second kappa shape index (κ2) is 10.5. The van der Waals surface area contributed by atoms with Crippen molar-refractivity contribution < 1.29 is 17.5 Å². The molecule has 0 heterocycles. The van der Waals surface area contributed by atoms with Crippen molar-refractivity contribution in [1.82, 2.24) is 0 Å². The molecule has 0 atom stereocenters. The average Bonchev–Trinajstić information content (AvgIpc) is 2.69. The van der Waals surface area contributed by atoms with E-state index in [-0.39, 0.29) is 16.1 Å². The molecule has 0 N–H and O–H groups in total. The van der Waals surface area contributed by atoms with E-state index in [0.717, 1.165) is 12.0 Å². The lowest BCUT2D eigenvalue weighted by atomic mass is 9.91. The van der Waals surface area contributed by atoms with Gasteiger partial charge >= 0.3 is 0 Å². The average molecular weight is 434 g/mol. The monoisotopic (exact) mass is 433 g/mol. The lowest BCUT2D eigenvalue weighted by molar-refractivity contribution is 0.371. The maximum atomic E-state index is 13.4. The Morgan fingerprint density at radius 1 is 0.933 bits per heavy atom. The van der Waals surface area contributed by atoms with Crippen LogP contribution in [0.25, 0.3) is 11.5 Å². The Balaban J connectivity index is 0.00000218. The maximum absolute atomic E-state index is 13.4. The van der Waals surface area contributed by atoms with Crippen molar-refractivity contribution in [2.45, 2.75) is 46.4 Å². The molecule has 2 rings (SSSR count). The van der Waals surface area contributed by atoms with Crippen LogP contribution in [-0.4, -0.2) is 27.5 Å². The predicted octanol–water partition coefficient (Wildman–Crippen LogP) is 6.23. The first-order valence-electron chi connectivity index (χ1n) is 9.84. The SMILES string of the molecule is CC.CO/C(=C(\N=C(C)C(C)(C)C)c1ccc(F)cc1)c1ccc(S(C)(=O)=O)cc1. The number of benzene rings is 2. The van der Waals surface area contributed by atoms with Crippen LogP contribution in [-0.2, 0) is 14.6 Å². The van der Waals surface area contributed by atoms with Gasteiger partial charge in [0.25, 0.3) is 0 Å². The van der Waals surface area contributed by atoms with Crippen LogP contribution in [0.15, 0.2) is 58.4 Å². The first kappa shape index (κ1) is 25.6. The first-order chi connectivity index (χ1) is 13.9. The van der Waals surface area contributed by atoms with E-state index >= 15 is 0 Å². The van der Waals surface area contributed by atoms with Crippen molar-refractivity contribution >= 4 is 27.0 Å². The number of sulfone groups is 1. The number of hydrogen-bond acceptors (Lipinski definition) is 4. The topological polar surface area (TPSA) is 55.7 Å². The van der Waals surface area contributed by atoms with Crippen molar-refractivity contribution in [2.24, 2.45) is 10.4 Å². The summed E-state index contributed by atoms with van der Waals surface area (Å²) in [6, 6.07) is 12.5. The molecule has 30 heavy (non-hydrogen) atoms. The summed E-state index contributed by atoms with van der Waals surface area (Å²) in [5, 5.41) is 0. The highest BCUT2D eigenvalue weighted by Gasteiger charge is 2.19. The highest BCUT2D eigenvalue weighted by Crippen LogP contribution is 2.31. The molecule has 2 aromatic carbocycles. The molecule has 0 aliphatic carbocycles. The van der Waals surface area contributed by atoms with Crippen LogP contribution in [0.5, 0.6) is 0 Å². The molecule has 0 aromatic heterocycles. The summed E-state index contributed by atoms with van der Waals surface area (Å²) in [6.45, 7) is 12.1. The van der Waals surface area contributed by atoms with Crippen LogP contribution >= 0.6 is 0 Å². The molecule has 2 aromatic rings. The summed E-state index contributed by atoms with van der Waals surface area (Å²) in [6.07, 6.45) is 1.16. The second-order valence-corrected chi connectivity index (χ2v) is 9.65. The van der Waals surface area contributed by atoms with Gasteiger partial charge in [0, 0.05) is 23.1 Å². The molecule has 0 unspecified atom stereocenters. The third-order valence-electron chi connectivity index (χ3n) is 4.45. The van der Waals surface area contributed by atoms with Gasteiger partial charge in [-0.25, -0.2) is 12.8 Å². The number of halogens is 1. The van der Waals surface area contributed by atoms with Crippen LogP contribution < -0.4 is 0 Å². The molecular weight excluding hydrogens is 401 g/mol. The van der Waals surface area contributed by atoms with Crippen LogP contribution in [0.3, 0.4) is 0 Å². The minimum atomic E-state index is -3.29. The normalized spacial score (nSPS) is 13.2. The van der Waals surface area contributed by atoms with Crippen LogP contribution in [0.1, 0.15) is 52.7 Å². The number of ether oxygens (including phenoxy) is 1. The molecule has 0 amide bonds. The van der Waals surface area contributed by atoms with Gasteiger partial charge in [-0.3, -0.25) is 4.99 Å². The minimum Gasteiger partial charge on any atom is -0.494 e. The summed E-state index contributed by atoms with van der Waals surface area (Å²) in [4.78, 5) is 5.02. The van der Waals surface area contributed by atoms with E-state index in [1.807, 2.05) is 20.8 Å². The van der Waals surface area contributed by atoms with Gasteiger partial charge in [-0.05, 0) is 60.9 Å². The molecule has 0 saturated carbocycles. The Labute approximate surface area is 180 Å². The van der Waals surface area contributed by atoms with E-state index in [2.05, 4.69) is 20.8 Å². The van der Waals surface area contributed by atoms with Gasteiger partial charge in [-0.1, -0.05) is 34.6 Å². The van der Waals surface area contributed by atoms with Gasteiger partial charge < -0.3 is 4.74 Å². The van der Waals surface area contributed by atoms with Crippen molar-refractivity contribution in [1.29, 1.82) is 0 Å². The van der Waals surface area contributed by atoms with Gasteiger partial charge in [0.2, 0.25) is 0 Å². The third kappa shape index (κ3) is 6.80. The fraction of sp³-hybridized carbons (Fsp3) is 0.375. The number of hydrogen-bond donors (Lipinski definition) is 0. The molecule has 0 spiro atoms. The zero-order chi connectivity index (χ0) is 23.1. The van der Waals surface area contributed by atoms with E-state index in [0.29, 0.717) is 22.6 Å². The summed E-state index contributed by atoms with van der Waals surface area (Å²) >= 11 is 0. The smallest absolute Gasteiger partial charge is 0.175 e. The Kier molecular flexibility index (Phi) is 8.97. The zero-order valence-electron chi connectivity index (χ0n) is 19.1. The third-order valence-corrected chi connectivity index (χ3v) is 5.57. The summed E-state index contributed by atoms with van der Waals surface area (Å²) in [5.74, 6) is 0.145. The Hall–Kier alpha value is -2.47. The van der Waals surface area contributed by atoms with Crippen LogP contribution in [0.2, 0.25) is 0 Å². The minimum absolute atomic E-state index is 0.162. The molecule has 6 heteroatoms. The quantitative estimate of drug-likeness (QED) is 0.319. The molecule has 0 aliphatic rings. The number of methoxy groups -OCH3 is 1. The van der Waals surface area contributed by atoms with E-state index in [9.17, 15) is 12.8 Å². The molecule has 0 bridgehead atoms. The number of nitrogens with zero attached hydrogens (tertiary/aromatic N) is 1. The van der Waals surface area contributed by atoms with Gasteiger partial charge in [0.1, 0.15) is 11.5 Å². The molecule has 0 radical (unpaired) electrons. The van der Waals surface area contributed by atoms with E-state index in [1.54, 1.807) is 24.3 Å². The van der Waals surface area contributed by atoms with Gasteiger partial charge in [0.05, 0.1) is 12.0 Å². The molecule has 4 nitrogen and oxygen atoms in total. The van der Waals surface area contributed by atoms with Gasteiger partial charge in [-0.15, -0.1) is 0 Å². The van der Waals surface area contributed by atoms with Gasteiger partial charge in [0.15, 0.2) is 15.6 Å². The summed E-state index contributed by atoms with van der Waals surface area (Å²) in [5.41, 5.74) is 2.66. The van der Waals surface area contributed by atoms with E-state index < -0.39 is 9.84 Å². The molecule has 0 aliphatic heterocycles. The maximum Gasteiger partial charge on any atom is 0.175 e. The molecular formula is C24H32FNO3S. The van der Waals surface area contributed by atoms with Crippen molar-refractivity contribution in [2.75, 3.05) is 13.4 Å². The van der Waals surface area contributed by atoms with Crippen LogP contribution in [0, 0.1) is 11.2 Å². The largest absolute Gasteiger partial charge is 0.494 e. The van der Waals surface area contributed by atoms with E-state index in [1.165, 1.54) is 31.4 Å². The lowest BCUT2D eigenvalue weighted by Crippen LogP contribution is -2.17. The van der Waals surface area contributed by atoms with Crippen molar-refractivity contribution in [3.05, 3.63) is 65.5 Å². The lowest BCUT2D eigenvalue weighted by Gasteiger charge is -2.20. The summed E-state index contributed by atoms with van der Waals surface area (Å²) < 4.78 is 42.5. The standard InChI is InChI=1S/C22H26FNO3S.C2H6/c1-15(22(2,3)4)24-20(16-7-11-18(23)12-8-16)21(27-5)17-9-13-19(14-10-17)28(6,25)26;1-2/h7-14H,1-6H3;1-2H3/b21-20-,24-15?;. The van der Waals surface area contributed by atoms with Crippen LogP contribution in [0.4, 0.5) is 4.39 Å². The predicted molar refractivity (Wildman–Crippen MR) is 124 cm³/mol. The Bertz CT molecular complexity index is 998. The highest BCUT2D eigenvalue weighted by atomic mass is 32.2. The first-order valence-corrected chi connectivity index (χ1v) is 11.7.